The first-order valence-corrected chi connectivity index (χ1v) is 6.36. The number of carbonyl (C=O) groups excluding carboxylic acids is 1. The molecule has 0 amide bonds. The lowest BCUT2D eigenvalue weighted by Crippen LogP contribution is -2.17. The van der Waals surface area contributed by atoms with E-state index in [0.717, 1.165) is 12.8 Å². The molecule has 1 aromatic carbocycles. The Balaban J connectivity index is 2.14. The van der Waals surface area contributed by atoms with Gasteiger partial charge in [-0.3, -0.25) is 14.8 Å². The summed E-state index contributed by atoms with van der Waals surface area (Å²) in [4.78, 5) is 22.1. The van der Waals surface area contributed by atoms with Crippen LogP contribution in [0.15, 0.2) is 18.3 Å². The molecule has 0 N–H and O–H groups in total. The molecule has 3 rings (SSSR count). The molecule has 2 aromatic rings. The van der Waals surface area contributed by atoms with E-state index in [4.69, 9.17) is 0 Å². The van der Waals surface area contributed by atoms with E-state index in [9.17, 15) is 14.9 Å². The molecule has 7 heteroatoms. The highest BCUT2D eigenvalue weighted by atomic mass is 16.6. The van der Waals surface area contributed by atoms with E-state index >= 15 is 0 Å². The zero-order chi connectivity index (χ0) is 14.3. The molecule has 0 saturated heterocycles. The van der Waals surface area contributed by atoms with Crippen molar-refractivity contribution >= 4 is 22.6 Å². The minimum absolute atomic E-state index is 0.0659. The van der Waals surface area contributed by atoms with Crippen molar-refractivity contribution in [3.63, 3.8) is 0 Å². The number of nitrogens with zero attached hydrogens (tertiary/aromatic N) is 3. The van der Waals surface area contributed by atoms with E-state index in [0.29, 0.717) is 16.9 Å². The Morgan fingerprint density at radius 1 is 1.50 bits per heavy atom. The highest BCUT2D eigenvalue weighted by Crippen LogP contribution is 2.33. The van der Waals surface area contributed by atoms with E-state index in [1.807, 2.05) is 4.68 Å². The summed E-state index contributed by atoms with van der Waals surface area (Å²) in [7, 11) is 1.20. The molecule has 0 bridgehead atoms. The maximum atomic E-state index is 11.6. The average Bonchev–Trinajstić information content (AvgIpc) is 2.76. The summed E-state index contributed by atoms with van der Waals surface area (Å²) in [6.45, 7) is 0. The summed E-state index contributed by atoms with van der Waals surface area (Å²) in [6.07, 6.45) is 5.11. The number of esters is 1. The molecule has 0 aliphatic heterocycles. The maximum absolute atomic E-state index is 11.6. The van der Waals surface area contributed by atoms with Gasteiger partial charge in [0.2, 0.25) is 0 Å². The van der Waals surface area contributed by atoms with Crippen LogP contribution in [0.2, 0.25) is 0 Å². The van der Waals surface area contributed by atoms with Gasteiger partial charge in [0, 0.05) is 17.6 Å². The molecular formula is C13H13N3O4. The third-order valence-electron chi connectivity index (χ3n) is 3.69. The Bertz CT molecular complexity index is 703. The molecule has 7 nitrogen and oxygen atoms in total. The molecule has 0 unspecified atom stereocenters. The number of rotatable bonds is 3. The average molecular weight is 275 g/mol. The number of nitro groups is 1. The summed E-state index contributed by atoms with van der Waals surface area (Å²) in [6, 6.07) is 3.17. The van der Waals surface area contributed by atoms with Crippen LogP contribution in [0.5, 0.6) is 0 Å². The highest BCUT2D eigenvalue weighted by Gasteiger charge is 2.25. The van der Waals surface area contributed by atoms with Gasteiger partial charge in [-0.05, 0) is 25.3 Å². The molecule has 1 fully saturated rings. The second kappa shape index (κ2) is 4.59. The van der Waals surface area contributed by atoms with Crippen LogP contribution in [-0.2, 0) is 4.74 Å². The van der Waals surface area contributed by atoms with Crippen LogP contribution in [0, 0.1) is 10.1 Å². The van der Waals surface area contributed by atoms with E-state index in [-0.39, 0.29) is 11.3 Å². The fourth-order valence-electron chi connectivity index (χ4n) is 2.34. The summed E-state index contributed by atoms with van der Waals surface area (Å²) in [5.74, 6) is -0.725. The molecule has 104 valence electrons. The van der Waals surface area contributed by atoms with Crippen molar-refractivity contribution in [3.8, 4) is 0 Å². The number of hydrogen-bond donors (Lipinski definition) is 0. The second-order valence-corrected chi connectivity index (χ2v) is 4.87. The Hall–Kier alpha value is -2.44. The normalized spacial score (nSPS) is 15.1. The van der Waals surface area contributed by atoms with Crippen LogP contribution in [0.4, 0.5) is 5.69 Å². The van der Waals surface area contributed by atoms with Crippen molar-refractivity contribution in [2.24, 2.45) is 0 Å². The summed E-state index contributed by atoms with van der Waals surface area (Å²) in [5.41, 5.74) is 0.254. The van der Waals surface area contributed by atoms with Crippen molar-refractivity contribution in [3.05, 3.63) is 34.0 Å². The van der Waals surface area contributed by atoms with Crippen LogP contribution in [0.1, 0.15) is 35.7 Å². The third-order valence-corrected chi connectivity index (χ3v) is 3.69. The van der Waals surface area contributed by atoms with Crippen molar-refractivity contribution in [2.45, 2.75) is 25.3 Å². The molecule has 1 saturated carbocycles. The quantitative estimate of drug-likeness (QED) is 0.487. The molecule has 1 aromatic heterocycles. The van der Waals surface area contributed by atoms with Crippen LogP contribution >= 0.6 is 0 Å². The lowest BCUT2D eigenvalue weighted by Gasteiger charge is -2.25. The number of ether oxygens (including phenoxy) is 1. The first-order valence-electron chi connectivity index (χ1n) is 6.36. The molecular weight excluding hydrogens is 262 g/mol. The number of benzene rings is 1. The summed E-state index contributed by atoms with van der Waals surface area (Å²) < 4.78 is 6.42. The standard InChI is InChI=1S/C13H13N3O4/c1-20-13(17)10-6-11-8(5-12(10)16(18)19)7-15(14-11)9-3-2-4-9/h5-7,9H,2-4H2,1H3. The van der Waals surface area contributed by atoms with Crippen molar-refractivity contribution in [2.75, 3.05) is 7.11 Å². The van der Waals surface area contributed by atoms with Crippen LogP contribution in [0.25, 0.3) is 10.9 Å². The fourth-order valence-corrected chi connectivity index (χ4v) is 2.34. The van der Waals surface area contributed by atoms with Gasteiger partial charge < -0.3 is 4.74 Å². The number of nitro benzene ring substituents is 1. The van der Waals surface area contributed by atoms with Gasteiger partial charge in [0.1, 0.15) is 5.56 Å². The number of methoxy groups -OCH3 is 1. The number of aromatic nitrogens is 2. The molecule has 1 aliphatic carbocycles. The summed E-state index contributed by atoms with van der Waals surface area (Å²) in [5, 5.41) is 16.1. The van der Waals surface area contributed by atoms with Gasteiger partial charge in [0.15, 0.2) is 0 Å². The van der Waals surface area contributed by atoms with Gasteiger partial charge in [-0.2, -0.15) is 5.10 Å². The van der Waals surface area contributed by atoms with Crippen LogP contribution in [0.3, 0.4) is 0 Å². The SMILES string of the molecule is COC(=O)c1cc2nn(C3CCC3)cc2cc1[N+](=O)[O-]. The predicted molar refractivity (Wildman–Crippen MR) is 70.6 cm³/mol. The van der Waals surface area contributed by atoms with Gasteiger partial charge in [-0.15, -0.1) is 0 Å². The highest BCUT2D eigenvalue weighted by molar-refractivity contribution is 5.99. The van der Waals surface area contributed by atoms with Gasteiger partial charge in [0.25, 0.3) is 5.69 Å². The molecule has 0 atom stereocenters. The predicted octanol–water partition coefficient (Wildman–Crippen LogP) is 2.46. The van der Waals surface area contributed by atoms with Crippen molar-refractivity contribution in [1.29, 1.82) is 0 Å². The molecule has 1 heterocycles. The second-order valence-electron chi connectivity index (χ2n) is 4.87. The Labute approximate surface area is 114 Å². The smallest absolute Gasteiger partial charge is 0.344 e. The summed E-state index contributed by atoms with van der Waals surface area (Å²) >= 11 is 0. The Morgan fingerprint density at radius 2 is 2.25 bits per heavy atom. The third kappa shape index (κ3) is 1.91. The maximum Gasteiger partial charge on any atom is 0.344 e. The first-order chi connectivity index (χ1) is 9.60. The molecule has 0 spiro atoms. The number of fused-ring (bicyclic) bond motifs is 1. The van der Waals surface area contributed by atoms with E-state index < -0.39 is 10.9 Å². The fraction of sp³-hybridized carbons (Fsp3) is 0.385. The van der Waals surface area contributed by atoms with E-state index in [2.05, 4.69) is 9.84 Å². The first kappa shape index (κ1) is 12.6. The topological polar surface area (TPSA) is 87.3 Å². The monoisotopic (exact) mass is 275 g/mol. The number of carbonyl (C=O) groups is 1. The molecule has 1 aliphatic rings. The minimum Gasteiger partial charge on any atom is -0.465 e. The van der Waals surface area contributed by atoms with Gasteiger partial charge in [0.05, 0.1) is 23.6 Å². The van der Waals surface area contributed by atoms with E-state index in [1.165, 1.54) is 25.7 Å². The van der Waals surface area contributed by atoms with Crippen LogP contribution in [-0.4, -0.2) is 27.8 Å². The van der Waals surface area contributed by atoms with Gasteiger partial charge >= 0.3 is 5.97 Å². The van der Waals surface area contributed by atoms with Gasteiger partial charge in [-0.25, -0.2) is 4.79 Å². The minimum atomic E-state index is -0.725. The largest absolute Gasteiger partial charge is 0.465 e. The molecule has 20 heavy (non-hydrogen) atoms. The zero-order valence-electron chi connectivity index (χ0n) is 10.9. The number of hydrogen-bond acceptors (Lipinski definition) is 5. The zero-order valence-corrected chi connectivity index (χ0v) is 10.9. The lowest BCUT2D eigenvalue weighted by molar-refractivity contribution is -0.385. The lowest BCUT2D eigenvalue weighted by atomic mass is 9.93. The van der Waals surface area contributed by atoms with Crippen molar-refractivity contribution in [1.82, 2.24) is 9.78 Å². The van der Waals surface area contributed by atoms with Crippen LogP contribution < -0.4 is 0 Å². The Morgan fingerprint density at radius 3 is 2.80 bits per heavy atom. The van der Waals surface area contributed by atoms with E-state index in [1.54, 1.807) is 6.20 Å². The van der Waals surface area contributed by atoms with Gasteiger partial charge in [-0.1, -0.05) is 0 Å². The molecule has 0 radical (unpaired) electrons. The Kier molecular flexibility index (Phi) is 2.89. The van der Waals surface area contributed by atoms with Crippen molar-refractivity contribution < 1.29 is 14.5 Å².